The molecule has 0 radical (unpaired) electrons. The lowest BCUT2D eigenvalue weighted by molar-refractivity contribution is -0.125. The molecule has 2 aliphatic rings. The summed E-state index contributed by atoms with van der Waals surface area (Å²) < 4.78 is 0. The lowest BCUT2D eigenvalue weighted by Gasteiger charge is -2.29. The van der Waals surface area contributed by atoms with Gasteiger partial charge in [-0.15, -0.1) is 0 Å². The van der Waals surface area contributed by atoms with Crippen molar-refractivity contribution in [2.75, 3.05) is 18.0 Å². The number of benzene rings is 2. The molecule has 11 nitrogen and oxygen atoms in total. The molecule has 3 heterocycles. The number of nitrogens with zero attached hydrogens (tertiary/aromatic N) is 3. The van der Waals surface area contributed by atoms with Crippen LogP contribution in [-0.4, -0.2) is 59.1 Å². The Morgan fingerprint density at radius 1 is 0.977 bits per heavy atom. The van der Waals surface area contributed by atoms with Crippen LogP contribution in [0.3, 0.4) is 0 Å². The Labute approximate surface area is 256 Å². The number of nitrogens with one attached hydrogen (secondary N) is 3. The lowest BCUT2D eigenvalue weighted by atomic mass is 10.1. The third-order valence-corrected chi connectivity index (χ3v) is 8.08. The summed E-state index contributed by atoms with van der Waals surface area (Å²) in [5, 5.41) is 8.02. The van der Waals surface area contributed by atoms with Gasteiger partial charge in [-0.1, -0.05) is 30.3 Å². The molecule has 44 heavy (non-hydrogen) atoms. The average molecular weight is 597 g/mol. The molecule has 11 heteroatoms. The zero-order valence-electron chi connectivity index (χ0n) is 24.7. The van der Waals surface area contributed by atoms with E-state index in [-0.39, 0.29) is 42.6 Å². The second kappa shape index (κ2) is 13.9. The van der Waals surface area contributed by atoms with Gasteiger partial charge in [0.1, 0.15) is 5.82 Å². The Morgan fingerprint density at radius 2 is 1.73 bits per heavy atom. The topological polar surface area (TPSA) is 141 Å². The molecule has 3 N–H and O–H groups in total. The minimum Gasteiger partial charge on any atom is -0.350 e. The van der Waals surface area contributed by atoms with Crippen molar-refractivity contribution in [2.24, 2.45) is 0 Å². The SMILES string of the molecule is CC(CCC(=O)NC=O)N1Cc2cc(C(=O)NCc3ccc(CNC(=O)CN4CCCc5cccnc54)cc3)ccc2C1=O. The highest BCUT2D eigenvalue weighted by molar-refractivity contribution is 6.01. The summed E-state index contributed by atoms with van der Waals surface area (Å²) >= 11 is 0. The molecule has 2 aliphatic heterocycles. The van der Waals surface area contributed by atoms with E-state index in [0.29, 0.717) is 43.6 Å². The van der Waals surface area contributed by atoms with Gasteiger partial charge in [0, 0.05) is 56.0 Å². The first kappa shape index (κ1) is 30.4. The predicted molar refractivity (Wildman–Crippen MR) is 163 cm³/mol. The molecule has 5 rings (SSSR count). The largest absolute Gasteiger partial charge is 0.350 e. The Kier molecular flexibility index (Phi) is 9.63. The highest BCUT2D eigenvalue weighted by Gasteiger charge is 2.31. The molecule has 3 aromatic rings. The number of aryl methyl sites for hydroxylation is 1. The van der Waals surface area contributed by atoms with Crippen molar-refractivity contribution in [1.82, 2.24) is 25.8 Å². The zero-order valence-corrected chi connectivity index (χ0v) is 24.7. The van der Waals surface area contributed by atoms with Gasteiger partial charge in [0.15, 0.2) is 0 Å². The lowest BCUT2D eigenvalue weighted by Crippen LogP contribution is -2.40. The van der Waals surface area contributed by atoms with Crippen LogP contribution in [0.2, 0.25) is 0 Å². The summed E-state index contributed by atoms with van der Waals surface area (Å²) in [5.74, 6) is 0.0584. The van der Waals surface area contributed by atoms with Gasteiger partial charge in [0.05, 0.1) is 6.54 Å². The highest BCUT2D eigenvalue weighted by Crippen LogP contribution is 2.27. The molecule has 2 aromatic carbocycles. The van der Waals surface area contributed by atoms with Gasteiger partial charge < -0.3 is 20.4 Å². The standard InChI is InChI=1S/C33H36N6O5/c1-22(6-13-29(41)37-21-40)39-19-27-16-26(11-12-28(27)33(39)44)32(43)36-18-24-9-7-23(8-10-24)17-35-30(42)20-38-15-3-5-25-4-2-14-34-31(25)38/h2,4,7-12,14,16,21-22H,3,5-6,13,15,17-20H2,1H3,(H,35,42)(H,36,43)(H,37,40,41). The van der Waals surface area contributed by atoms with Crippen molar-refractivity contribution in [1.29, 1.82) is 0 Å². The first-order valence-corrected chi connectivity index (χ1v) is 14.8. The Balaban J connectivity index is 1.08. The first-order valence-electron chi connectivity index (χ1n) is 14.8. The maximum absolute atomic E-state index is 12.9. The van der Waals surface area contributed by atoms with Crippen LogP contribution >= 0.6 is 0 Å². The van der Waals surface area contributed by atoms with Crippen molar-refractivity contribution in [2.45, 2.75) is 58.3 Å². The van der Waals surface area contributed by atoms with Crippen LogP contribution in [0.25, 0.3) is 0 Å². The van der Waals surface area contributed by atoms with Crippen LogP contribution in [0.1, 0.15) is 69.2 Å². The molecule has 1 atom stereocenters. The second-order valence-corrected chi connectivity index (χ2v) is 11.2. The normalized spacial score (nSPS) is 14.3. The van der Waals surface area contributed by atoms with Gasteiger partial charge in [-0.2, -0.15) is 0 Å². The van der Waals surface area contributed by atoms with Crippen LogP contribution in [0.5, 0.6) is 0 Å². The van der Waals surface area contributed by atoms with E-state index in [9.17, 15) is 24.0 Å². The number of hydrogen-bond acceptors (Lipinski definition) is 7. The number of carbonyl (C=O) groups excluding carboxylic acids is 5. The fourth-order valence-electron chi connectivity index (χ4n) is 5.59. The fourth-order valence-corrected chi connectivity index (χ4v) is 5.59. The number of anilines is 1. The van der Waals surface area contributed by atoms with Crippen LogP contribution in [-0.2, 0) is 40.4 Å². The van der Waals surface area contributed by atoms with Crippen LogP contribution < -0.4 is 20.9 Å². The Morgan fingerprint density at radius 3 is 2.48 bits per heavy atom. The maximum Gasteiger partial charge on any atom is 0.254 e. The minimum absolute atomic E-state index is 0.0598. The molecule has 1 aromatic heterocycles. The number of fused-ring (bicyclic) bond motifs is 2. The van der Waals surface area contributed by atoms with E-state index in [4.69, 9.17) is 0 Å². The highest BCUT2D eigenvalue weighted by atomic mass is 16.2. The first-order chi connectivity index (χ1) is 21.3. The number of carbonyl (C=O) groups is 5. The summed E-state index contributed by atoms with van der Waals surface area (Å²) in [6, 6.07) is 16.5. The van der Waals surface area contributed by atoms with E-state index in [1.54, 1.807) is 29.3 Å². The summed E-state index contributed by atoms with van der Waals surface area (Å²) in [5.41, 5.74) is 4.82. The van der Waals surface area contributed by atoms with Crippen molar-refractivity contribution >= 4 is 35.9 Å². The number of hydrogen-bond donors (Lipinski definition) is 3. The summed E-state index contributed by atoms with van der Waals surface area (Å²) in [7, 11) is 0. The number of imide groups is 1. The van der Waals surface area contributed by atoms with E-state index in [2.05, 4.69) is 27.0 Å². The number of amides is 5. The number of aromatic nitrogens is 1. The Hall–Kier alpha value is -5.06. The van der Waals surface area contributed by atoms with Crippen molar-refractivity contribution < 1.29 is 24.0 Å². The molecule has 0 saturated carbocycles. The van der Waals surface area contributed by atoms with Gasteiger partial charge in [-0.25, -0.2) is 4.98 Å². The zero-order chi connectivity index (χ0) is 31.1. The van der Waals surface area contributed by atoms with E-state index >= 15 is 0 Å². The van der Waals surface area contributed by atoms with E-state index in [1.165, 1.54) is 5.56 Å². The number of pyridine rings is 1. The van der Waals surface area contributed by atoms with Gasteiger partial charge in [-0.3, -0.25) is 29.3 Å². The van der Waals surface area contributed by atoms with Gasteiger partial charge in [0.25, 0.3) is 11.8 Å². The van der Waals surface area contributed by atoms with Gasteiger partial charge >= 0.3 is 0 Å². The fraction of sp³-hybridized carbons (Fsp3) is 0.333. The maximum atomic E-state index is 12.9. The summed E-state index contributed by atoms with van der Waals surface area (Å²) in [4.78, 5) is 68.6. The predicted octanol–water partition coefficient (Wildman–Crippen LogP) is 2.48. The van der Waals surface area contributed by atoms with Crippen LogP contribution in [0, 0.1) is 0 Å². The third kappa shape index (κ3) is 7.28. The molecular formula is C33H36N6O5. The summed E-state index contributed by atoms with van der Waals surface area (Å²) in [6.45, 7) is 4.02. The van der Waals surface area contributed by atoms with Crippen LogP contribution in [0.4, 0.5) is 5.82 Å². The molecule has 5 amide bonds. The summed E-state index contributed by atoms with van der Waals surface area (Å²) in [6.07, 6.45) is 4.64. The van der Waals surface area contributed by atoms with Crippen LogP contribution in [0.15, 0.2) is 60.8 Å². The van der Waals surface area contributed by atoms with Gasteiger partial charge in [-0.05, 0) is 72.7 Å². The van der Waals surface area contributed by atoms with E-state index in [0.717, 1.165) is 41.9 Å². The molecule has 0 saturated heterocycles. The van der Waals surface area contributed by atoms with Crippen molar-refractivity contribution in [3.63, 3.8) is 0 Å². The molecule has 0 fully saturated rings. The quantitative estimate of drug-likeness (QED) is 0.273. The van der Waals surface area contributed by atoms with E-state index < -0.39 is 0 Å². The smallest absolute Gasteiger partial charge is 0.254 e. The molecule has 0 aliphatic carbocycles. The van der Waals surface area contributed by atoms with Gasteiger partial charge in [0.2, 0.25) is 18.2 Å². The molecule has 228 valence electrons. The number of rotatable bonds is 12. The molecular weight excluding hydrogens is 560 g/mol. The van der Waals surface area contributed by atoms with Crippen molar-refractivity contribution in [3.05, 3.63) is 94.2 Å². The molecule has 0 spiro atoms. The molecule has 1 unspecified atom stereocenters. The minimum atomic E-state index is -0.385. The molecule has 0 bridgehead atoms. The average Bonchev–Trinajstić information content (AvgIpc) is 3.37. The van der Waals surface area contributed by atoms with Crippen molar-refractivity contribution in [3.8, 4) is 0 Å². The monoisotopic (exact) mass is 596 g/mol. The van der Waals surface area contributed by atoms with E-state index in [1.807, 2.05) is 42.2 Å². The Bertz CT molecular complexity index is 1560. The third-order valence-electron chi connectivity index (χ3n) is 8.08. The second-order valence-electron chi connectivity index (χ2n) is 11.2.